The third-order valence-corrected chi connectivity index (χ3v) is 1.73. The van der Waals surface area contributed by atoms with Crippen LogP contribution in [0.15, 0.2) is 6.20 Å². The summed E-state index contributed by atoms with van der Waals surface area (Å²) in [5, 5.41) is 8.68. The maximum Gasteiger partial charge on any atom is 0.105 e. The fourth-order valence-corrected chi connectivity index (χ4v) is 1.08. The van der Waals surface area contributed by atoms with Gasteiger partial charge in [-0.15, -0.1) is 0 Å². The quantitative estimate of drug-likeness (QED) is 0.697. The van der Waals surface area contributed by atoms with Crippen molar-refractivity contribution in [2.75, 3.05) is 6.61 Å². The summed E-state index contributed by atoms with van der Waals surface area (Å²) in [5.74, 6) is 0.982. The van der Waals surface area contributed by atoms with Crippen molar-refractivity contribution in [2.45, 2.75) is 26.8 Å². The Morgan fingerprint density at radius 2 is 2.36 bits per heavy atom. The van der Waals surface area contributed by atoms with E-state index in [9.17, 15) is 0 Å². The van der Waals surface area contributed by atoms with Crippen molar-refractivity contribution in [3.05, 3.63) is 17.7 Å². The number of aromatic nitrogens is 2. The van der Waals surface area contributed by atoms with E-state index in [0.29, 0.717) is 6.54 Å². The summed E-state index contributed by atoms with van der Waals surface area (Å²) in [6.45, 7) is 4.86. The Bertz CT molecular complexity index is 230. The highest BCUT2D eigenvalue weighted by molar-refractivity contribution is 5.02. The Labute approximate surface area is 66.7 Å². The van der Waals surface area contributed by atoms with Crippen LogP contribution in [-0.2, 0) is 13.0 Å². The van der Waals surface area contributed by atoms with Gasteiger partial charge in [0.25, 0.3) is 0 Å². The number of rotatable bonds is 3. The van der Waals surface area contributed by atoms with E-state index in [4.69, 9.17) is 5.11 Å². The number of aliphatic hydroxyl groups is 1. The van der Waals surface area contributed by atoms with Crippen LogP contribution in [0.1, 0.15) is 18.4 Å². The molecular weight excluding hydrogens is 140 g/mol. The van der Waals surface area contributed by atoms with E-state index in [1.807, 2.05) is 17.7 Å². The van der Waals surface area contributed by atoms with E-state index >= 15 is 0 Å². The van der Waals surface area contributed by atoms with E-state index < -0.39 is 0 Å². The van der Waals surface area contributed by atoms with E-state index in [1.165, 1.54) is 0 Å². The zero-order valence-corrected chi connectivity index (χ0v) is 7.04. The molecule has 3 nitrogen and oxygen atoms in total. The maximum absolute atomic E-state index is 8.68. The van der Waals surface area contributed by atoms with Crippen LogP contribution in [0.4, 0.5) is 0 Å². The number of imidazole rings is 1. The topological polar surface area (TPSA) is 38.0 Å². The molecule has 62 valence electrons. The van der Waals surface area contributed by atoms with Crippen molar-refractivity contribution in [1.29, 1.82) is 0 Å². The summed E-state index contributed by atoms with van der Waals surface area (Å²) in [7, 11) is 0. The third-order valence-electron chi connectivity index (χ3n) is 1.73. The first-order chi connectivity index (χ1) is 5.27. The number of hydrogen-bond donors (Lipinski definition) is 1. The van der Waals surface area contributed by atoms with Crippen LogP contribution in [0.25, 0.3) is 0 Å². The molecule has 0 saturated heterocycles. The first-order valence-corrected chi connectivity index (χ1v) is 3.91. The van der Waals surface area contributed by atoms with E-state index in [1.54, 1.807) is 0 Å². The Morgan fingerprint density at radius 1 is 1.64 bits per heavy atom. The Kier molecular flexibility index (Phi) is 2.65. The molecule has 0 radical (unpaired) electrons. The minimum atomic E-state index is 0.181. The predicted octanol–water partition coefficient (Wildman–Crippen LogP) is 0.746. The molecule has 0 unspecified atom stereocenters. The van der Waals surface area contributed by atoms with Crippen molar-refractivity contribution < 1.29 is 5.11 Å². The first-order valence-electron chi connectivity index (χ1n) is 3.91. The summed E-state index contributed by atoms with van der Waals surface area (Å²) in [6, 6.07) is 0. The minimum Gasteiger partial charge on any atom is -0.395 e. The molecular formula is C8H14N2O. The Morgan fingerprint density at radius 3 is 2.82 bits per heavy atom. The number of nitrogens with zero attached hydrogens (tertiary/aromatic N) is 2. The fraction of sp³-hybridized carbons (Fsp3) is 0.625. The van der Waals surface area contributed by atoms with Gasteiger partial charge in [0.2, 0.25) is 0 Å². The van der Waals surface area contributed by atoms with Gasteiger partial charge in [-0.3, -0.25) is 0 Å². The SMILES string of the molecule is CCc1cn(CCO)c(C)n1. The lowest BCUT2D eigenvalue weighted by molar-refractivity contribution is 0.275. The molecule has 0 aromatic carbocycles. The first kappa shape index (κ1) is 8.27. The zero-order valence-electron chi connectivity index (χ0n) is 7.04. The van der Waals surface area contributed by atoms with Gasteiger partial charge in [-0.1, -0.05) is 6.92 Å². The Hall–Kier alpha value is -0.830. The summed E-state index contributed by atoms with van der Waals surface area (Å²) in [5.41, 5.74) is 1.09. The van der Waals surface area contributed by atoms with Gasteiger partial charge in [-0.05, 0) is 13.3 Å². The molecule has 0 amide bonds. The lowest BCUT2D eigenvalue weighted by Crippen LogP contribution is -2.02. The van der Waals surface area contributed by atoms with Gasteiger partial charge in [0.1, 0.15) is 5.82 Å². The van der Waals surface area contributed by atoms with Crippen LogP contribution in [0.3, 0.4) is 0 Å². The van der Waals surface area contributed by atoms with Gasteiger partial charge in [0.15, 0.2) is 0 Å². The molecule has 0 aliphatic heterocycles. The minimum absolute atomic E-state index is 0.181. The van der Waals surface area contributed by atoms with Gasteiger partial charge in [-0.2, -0.15) is 0 Å². The normalized spacial score (nSPS) is 10.5. The smallest absolute Gasteiger partial charge is 0.105 e. The monoisotopic (exact) mass is 154 g/mol. The van der Waals surface area contributed by atoms with E-state index in [2.05, 4.69) is 11.9 Å². The largest absolute Gasteiger partial charge is 0.395 e. The molecule has 1 N–H and O–H groups in total. The summed E-state index contributed by atoms with van der Waals surface area (Å²) in [4.78, 5) is 4.30. The lowest BCUT2D eigenvalue weighted by Gasteiger charge is -1.98. The highest BCUT2D eigenvalue weighted by Gasteiger charge is 2.00. The number of hydrogen-bond acceptors (Lipinski definition) is 2. The number of aliphatic hydroxyl groups excluding tert-OH is 1. The van der Waals surface area contributed by atoms with Crippen molar-refractivity contribution in [1.82, 2.24) is 9.55 Å². The average Bonchev–Trinajstić information content (AvgIpc) is 2.33. The molecule has 1 aromatic rings. The molecule has 1 aromatic heterocycles. The molecule has 11 heavy (non-hydrogen) atoms. The molecule has 0 atom stereocenters. The van der Waals surface area contributed by atoms with Crippen LogP contribution in [0.5, 0.6) is 0 Å². The van der Waals surface area contributed by atoms with Crippen LogP contribution in [0, 0.1) is 6.92 Å². The van der Waals surface area contributed by atoms with Gasteiger partial charge in [0, 0.05) is 12.7 Å². The molecule has 0 saturated carbocycles. The summed E-state index contributed by atoms with van der Waals surface area (Å²) in [6.07, 6.45) is 2.95. The highest BCUT2D eigenvalue weighted by atomic mass is 16.3. The second-order valence-corrected chi connectivity index (χ2v) is 2.55. The van der Waals surface area contributed by atoms with Crippen molar-refractivity contribution in [3.63, 3.8) is 0 Å². The molecule has 0 spiro atoms. The van der Waals surface area contributed by atoms with Crippen molar-refractivity contribution >= 4 is 0 Å². The second-order valence-electron chi connectivity index (χ2n) is 2.55. The molecule has 0 aliphatic rings. The summed E-state index contributed by atoms with van der Waals surface area (Å²) < 4.78 is 1.97. The fourth-order valence-electron chi connectivity index (χ4n) is 1.08. The summed E-state index contributed by atoms with van der Waals surface area (Å²) >= 11 is 0. The van der Waals surface area contributed by atoms with Gasteiger partial charge in [-0.25, -0.2) is 4.98 Å². The van der Waals surface area contributed by atoms with Crippen LogP contribution >= 0.6 is 0 Å². The zero-order chi connectivity index (χ0) is 8.27. The van der Waals surface area contributed by atoms with Gasteiger partial charge < -0.3 is 9.67 Å². The van der Waals surface area contributed by atoms with E-state index in [-0.39, 0.29) is 6.61 Å². The predicted molar refractivity (Wildman–Crippen MR) is 43.4 cm³/mol. The Balaban J connectivity index is 2.79. The molecule has 0 aliphatic carbocycles. The lowest BCUT2D eigenvalue weighted by atomic mass is 10.4. The molecule has 0 fully saturated rings. The molecule has 0 bridgehead atoms. The highest BCUT2D eigenvalue weighted by Crippen LogP contribution is 2.01. The molecule has 3 heteroatoms. The molecule has 1 rings (SSSR count). The van der Waals surface area contributed by atoms with E-state index in [0.717, 1.165) is 17.9 Å². The number of aryl methyl sites for hydroxylation is 2. The van der Waals surface area contributed by atoms with Crippen LogP contribution in [-0.4, -0.2) is 21.3 Å². The van der Waals surface area contributed by atoms with Crippen molar-refractivity contribution in [2.24, 2.45) is 0 Å². The maximum atomic E-state index is 8.68. The average molecular weight is 154 g/mol. The van der Waals surface area contributed by atoms with Gasteiger partial charge >= 0.3 is 0 Å². The third kappa shape index (κ3) is 1.80. The van der Waals surface area contributed by atoms with Crippen LogP contribution < -0.4 is 0 Å². The molecule has 1 heterocycles. The van der Waals surface area contributed by atoms with Crippen LogP contribution in [0.2, 0.25) is 0 Å². The standard InChI is InChI=1S/C8H14N2O/c1-3-8-6-10(4-5-11)7(2)9-8/h6,11H,3-5H2,1-2H3. The second kappa shape index (κ2) is 3.53. The van der Waals surface area contributed by atoms with Gasteiger partial charge in [0.05, 0.1) is 12.3 Å². The van der Waals surface area contributed by atoms with Crippen molar-refractivity contribution in [3.8, 4) is 0 Å².